The Balaban J connectivity index is 3.20. The van der Waals surface area contributed by atoms with Crippen molar-refractivity contribution in [3.63, 3.8) is 0 Å². The number of nitriles is 1. The second-order valence-corrected chi connectivity index (χ2v) is 4.52. The van der Waals surface area contributed by atoms with E-state index in [9.17, 15) is 5.11 Å². The molecule has 0 aromatic carbocycles. The normalized spacial score (nSPS) is 11.0. The fraction of sp³-hybridized carbons (Fsp3) is 0.455. The lowest BCUT2D eigenvalue weighted by Crippen LogP contribution is -2.45. The van der Waals surface area contributed by atoms with Crippen molar-refractivity contribution in [1.29, 1.82) is 5.26 Å². The summed E-state index contributed by atoms with van der Waals surface area (Å²) in [7, 11) is 1.78. The number of hydrogen-bond donors (Lipinski definition) is 1. The summed E-state index contributed by atoms with van der Waals surface area (Å²) in [6, 6.07) is 3.56. The highest BCUT2D eigenvalue weighted by atomic mass is 35.5. The molecule has 1 heterocycles. The second-order valence-electron chi connectivity index (χ2n) is 4.14. The van der Waals surface area contributed by atoms with Crippen LogP contribution in [0, 0.1) is 11.3 Å². The Morgan fingerprint density at radius 2 is 2.25 bits per heavy atom. The Kier molecular flexibility index (Phi) is 3.74. The van der Waals surface area contributed by atoms with Gasteiger partial charge in [-0.25, -0.2) is 4.98 Å². The van der Waals surface area contributed by atoms with Crippen LogP contribution in [0.25, 0.3) is 0 Å². The van der Waals surface area contributed by atoms with Crippen LogP contribution in [-0.4, -0.2) is 29.3 Å². The topological polar surface area (TPSA) is 60.2 Å². The third-order valence-corrected chi connectivity index (χ3v) is 2.98. The first-order valence-corrected chi connectivity index (χ1v) is 5.21. The molecule has 0 saturated carbocycles. The van der Waals surface area contributed by atoms with Crippen molar-refractivity contribution in [2.45, 2.75) is 19.4 Å². The number of rotatable bonds is 3. The quantitative estimate of drug-likeness (QED) is 0.874. The number of halogens is 1. The molecule has 5 heteroatoms. The van der Waals surface area contributed by atoms with Crippen molar-refractivity contribution in [3.8, 4) is 6.07 Å². The van der Waals surface area contributed by atoms with Gasteiger partial charge in [-0.2, -0.15) is 5.26 Å². The van der Waals surface area contributed by atoms with Crippen LogP contribution < -0.4 is 4.90 Å². The number of pyridine rings is 1. The van der Waals surface area contributed by atoms with Gasteiger partial charge in [-0.05, 0) is 19.9 Å². The van der Waals surface area contributed by atoms with E-state index in [1.807, 2.05) is 19.9 Å². The smallest absolute Gasteiger partial charge is 0.148 e. The fourth-order valence-electron chi connectivity index (χ4n) is 1.15. The standard InChI is InChI=1S/C11H14ClN3O/c1-11(2,7-16)15(3)10-9(12)8(6-13)4-5-14-10/h4-5,16H,7H2,1-3H3. The Morgan fingerprint density at radius 1 is 1.62 bits per heavy atom. The highest BCUT2D eigenvalue weighted by Crippen LogP contribution is 2.29. The number of anilines is 1. The van der Waals surface area contributed by atoms with Gasteiger partial charge in [0.25, 0.3) is 0 Å². The van der Waals surface area contributed by atoms with E-state index in [1.54, 1.807) is 18.0 Å². The summed E-state index contributed by atoms with van der Waals surface area (Å²) in [6.07, 6.45) is 1.53. The average molecular weight is 240 g/mol. The van der Waals surface area contributed by atoms with E-state index >= 15 is 0 Å². The fourth-order valence-corrected chi connectivity index (χ4v) is 1.43. The van der Waals surface area contributed by atoms with Gasteiger partial charge >= 0.3 is 0 Å². The summed E-state index contributed by atoms with van der Waals surface area (Å²) >= 11 is 6.06. The zero-order valence-corrected chi connectivity index (χ0v) is 10.3. The molecule has 0 saturated heterocycles. The third-order valence-electron chi connectivity index (χ3n) is 2.60. The van der Waals surface area contributed by atoms with Gasteiger partial charge < -0.3 is 10.0 Å². The van der Waals surface area contributed by atoms with Crippen LogP contribution in [0.5, 0.6) is 0 Å². The maximum atomic E-state index is 9.27. The predicted octanol–water partition coefficient (Wildman–Crippen LogP) is 1.81. The van der Waals surface area contributed by atoms with Gasteiger partial charge in [0.15, 0.2) is 0 Å². The minimum Gasteiger partial charge on any atom is -0.394 e. The summed E-state index contributed by atoms with van der Waals surface area (Å²) in [5.41, 5.74) is -0.0997. The molecule has 86 valence electrons. The van der Waals surface area contributed by atoms with Crippen LogP contribution in [0.4, 0.5) is 5.82 Å². The average Bonchev–Trinajstić information content (AvgIpc) is 2.28. The number of aliphatic hydroxyl groups excluding tert-OH is 1. The molecule has 0 unspecified atom stereocenters. The summed E-state index contributed by atoms with van der Waals surface area (Å²) in [4.78, 5) is 5.89. The van der Waals surface area contributed by atoms with Crippen LogP contribution in [0.1, 0.15) is 19.4 Å². The van der Waals surface area contributed by atoms with E-state index in [4.69, 9.17) is 16.9 Å². The lowest BCUT2D eigenvalue weighted by Gasteiger charge is -2.35. The molecular weight excluding hydrogens is 226 g/mol. The first-order valence-electron chi connectivity index (χ1n) is 4.83. The van der Waals surface area contributed by atoms with Gasteiger partial charge in [0.2, 0.25) is 0 Å². The summed E-state index contributed by atoms with van der Waals surface area (Å²) in [5.74, 6) is 0.500. The van der Waals surface area contributed by atoms with E-state index in [1.165, 1.54) is 6.20 Å². The molecule has 16 heavy (non-hydrogen) atoms. The summed E-state index contributed by atoms with van der Waals surface area (Å²) in [5, 5.41) is 18.4. The Labute approximate surface area is 100 Å². The van der Waals surface area contributed by atoms with Gasteiger partial charge in [-0.15, -0.1) is 0 Å². The lowest BCUT2D eigenvalue weighted by molar-refractivity contribution is 0.215. The molecule has 0 aliphatic rings. The van der Waals surface area contributed by atoms with E-state index in [0.29, 0.717) is 16.4 Å². The number of likely N-dealkylation sites (N-methyl/N-ethyl adjacent to an activating group) is 1. The zero-order valence-electron chi connectivity index (χ0n) is 9.53. The van der Waals surface area contributed by atoms with E-state index in [-0.39, 0.29) is 6.61 Å². The Hall–Kier alpha value is -1.31. The van der Waals surface area contributed by atoms with Gasteiger partial charge in [-0.1, -0.05) is 11.6 Å². The molecule has 0 fully saturated rings. The highest BCUT2D eigenvalue weighted by molar-refractivity contribution is 6.34. The van der Waals surface area contributed by atoms with E-state index in [0.717, 1.165) is 0 Å². The zero-order chi connectivity index (χ0) is 12.3. The number of aliphatic hydroxyl groups is 1. The van der Waals surface area contributed by atoms with E-state index < -0.39 is 5.54 Å². The van der Waals surface area contributed by atoms with Crippen LogP contribution in [0.15, 0.2) is 12.3 Å². The monoisotopic (exact) mass is 239 g/mol. The summed E-state index contributed by atoms with van der Waals surface area (Å²) in [6.45, 7) is 3.70. The molecule has 1 N–H and O–H groups in total. The molecular formula is C11H14ClN3O. The molecule has 1 aromatic heterocycles. The summed E-state index contributed by atoms with van der Waals surface area (Å²) < 4.78 is 0. The maximum absolute atomic E-state index is 9.27. The van der Waals surface area contributed by atoms with Gasteiger partial charge in [-0.3, -0.25) is 0 Å². The van der Waals surface area contributed by atoms with Crippen molar-refractivity contribution in [3.05, 3.63) is 22.8 Å². The van der Waals surface area contributed by atoms with Crippen LogP contribution >= 0.6 is 11.6 Å². The number of aromatic nitrogens is 1. The van der Waals surface area contributed by atoms with Crippen molar-refractivity contribution in [1.82, 2.24) is 4.98 Å². The third kappa shape index (κ3) is 2.26. The first kappa shape index (κ1) is 12.8. The molecule has 0 aliphatic carbocycles. The minimum atomic E-state index is -0.481. The van der Waals surface area contributed by atoms with Crippen LogP contribution in [0.2, 0.25) is 5.02 Å². The van der Waals surface area contributed by atoms with Gasteiger partial charge in [0.1, 0.15) is 16.9 Å². The SMILES string of the molecule is CN(c1nccc(C#N)c1Cl)C(C)(C)CO. The molecule has 0 radical (unpaired) electrons. The van der Waals surface area contributed by atoms with E-state index in [2.05, 4.69) is 4.98 Å². The van der Waals surface area contributed by atoms with Crippen molar-refractivity contribution < 1.29 is 5.11 Å². The predicted molar refractivity (Wildman–Crippen MR) is 63.5 cm³/mol. The largest absolute Gasteiger partial charge is 0.394 e. The van der Waals surface area contributed by atoms with Gasteiger partial charge in [0, 0.05) is 13.2 Å². The van der Waals surface area contributed by atoms with Crippen molar-refractivity contribution >= 4 is 17.4 Å². The molecule has 1 rings (SSSR count). The maximum Gasteiger partial charge on any atom is 0.148 e. The molecule has 0 atom stereocenters. The molecule has 0 bridgehead atoms. The molecule has 1 aromatic rings. The second kappa shape index (κ2) is 4.69. The lowest BCUT2D eigenvalue weighted by atomic mass is 10.1. The Bertz CT molecular complexity index is 426. The van der Waals surface area contributed by atoms with Crippen molar-refractivity contribution in [2.75, 3.05) is 18.6 Å². The van der Waals surface area contributed by atoms with Crippen LogP contribution in [0.3, 0.4) is 0 Å². The minimum absolute atomic E-state index is 0.0295. The number of hydrogen-bond acceptors (Lipinski definition) is 4. The molecule has 0 aliphatic heterocycles. The van der Waals surface area contributed by atoms with Crippen molar-refractivity contribution in [2.24, 2.45) is 0 Å². The van der Waals surface area contributed by atoms with Crippen LogP contribution in [-0.2, 0) is 0 Å². The molecule has 0 amide bonds. The number of nitrogens with zero attached hydrogens (tertiary/aromatic N) is 3. The highest BCUT2D eigenvalue weighted by Gasteiger charge is 2.26. The Morgan fingerprint density at radius 3 is 2.75 bits per heavy atom. The van der Waals surface area contributed by atoms with Gasteiger partial charge in [0.05, 0.1) is 17.7 Å². The molecule has 4 nitrogen and oxygen atoms in total. The molecule has 0 spiro atoms. The first-order chi connectivity index (χ1) is 7.44.